The quantitative estimate of drug-likeness (QED) is 0.652. The van der Waals surface area contributed by atoms with E-state index in [1.54, 1.807) is 12.1 Å². The van der Waals surface area contributed by atoms with Gasteiger partial charge in [-0.05, 0) is 19.1 Å². The average Bonchev–Trinajstić information content (AvgIpc) is 2.46. The topological polar surface area (TPSA) is 69.8 Å². The molecule has 104 valence electrons. The van der Waals surface area contributed by atoms with Gasteiger partial charge in [0.15, 0.2) is 0 Å². The summed E-state index contributed by atoms with van der Waals surface area (Å²) in [5, 5.41) is 19.7. The van der Waals surface area contributed by atoms with Crippen LogP contribution in [0.5, 0.6) is 0 Å². The van der Waals surface area contributed by atoms with Crippen LogP contribution in [-0.2, 0) is 0 Å². The average molecular weight is 265 g/mol. The van der Waals surface area contributed by atoms with Crippen LogP contribution in [0.25, 0.3) is 0 Å². The second-order valence-corrected chi connectivity index (χ2v) is 4.83. The second kappa shape index (κ2) is 5.99. The number of hydrogen-bond acceptors (Lipinski definition) is 5. The lowest BCUT2D eigenvalue weighted by molar-refractivity contribution is -0.384. The molecule has 1 unspecified atom stereocenters. The van der Waals surface area contributed by atoms with E-state index in [-0.39, 0.29) is 23.3 Å². The van der Waals surface area contributed by atoms with Crippen molar-refractivity contribution in [3.63, 3.8) is 0 Å². The van der Waals surface area contributed by atoms with Crippen LogP contribution in [0.4, 0.5) is 11.4 Å². The number of hydrogen-bond donors (Lipinski definition) is 1. The van der Waals surface area contributed by atoms with Gasteiger partial charge in [-0.25, -0.2) is 0 Å². The number of nitro groups is 1. The van der Waals surface area contributed by atoms with Crippen molar-refractivity contribution < 1.29 is 10.0 Å². The number of aliphatic hydroxyl groups excluding tert-OH is 1. The molecule has 6 nitrogen and oxygen atoms in total. The summed E-state index contributed by atoms with van der Waals surface area (Å²) in [7, 11) is 0. The van der Waals surface area contributed by atoms with Crippen LogP contribution in [0.2, 0.25) is 0 Å². The summed E-state index contributed by atoms with van der Waals surface area (Å²) in [5.74, 6) is 0. The fourth-order valence-electron chi connectivity index (χ4n) is 2.32. The number of nitrogens with zero attached hydrogens (tertiary/aromatic N) is 3. The summed E-state index contributed by atoms with van der Waals surface area (Å²) in [4.78, 5) is 14.7. The van der Waals surface area contributed by atoms with Crippen LogP contribution in [0.3, 0.4) is 0 Å². The molecular formula is C13H19N3O3. The van der Waals surface area contributed by atoms with Crippen molar-refractivity contribution in [3.8, 4) is 0 Å². The number of anilines is 1. The van der Waals surface area contributed by atoms with E-state index >= 15 is 0 Å². The fourth-order valence-corrected chi connectivity index (χ4v) is 2.32. The Bertz CT molecular complexity index is 427. The lowest BCUT2D eigenvalue weighted by Gasteiger charge is -2.38. The Morgan fingerprint density at radius 3 is 2.32 bits per heavy atom. The SMILES string of the molecule is CC(CO)N1CCN(c2ccc([N+](=O)[O-])cc2)CC1. The Hall–Kier alpha value is -1.66. The first kappa shape index (κ1) is 13.8. The standard InChI is InChI=1S/C13H19N3O3/c1-11(10-17)14-6-8-15(9-7-14)12-2-4-13(5-3-12)16(18)19/h2-5,11,17H,6-10H2,1H3. The first-order valence-electron chi connectivity index (χ1n) is 6.46. The molecule has 0 radical (unpaired) electrons. The van der Waals surface area contributed by atoms with Crippen molar-refractivity contribution in [1.82, 2.24) is 4.90 Å². The van der Waals surface area contributed by atoms with Gasteiger partial charge in [0.05, 0.1) is 11.5 Å². The van der Waals surface area contributed by atoms with Gasteiger partial charge in [-0.2, -0.15) is 0 Å². The van der Waals surface area contributed by atoms with Crippen LogP contribution < -0.4 is 4.90 Å². The van der Waals surface area contributed by atoms with Crippen molar-refractivity contribution >= 4 is 11.4 Å². The lowest BCUT2D eigenvalue weighted by atomic mass is 10.2. The Balaban J connectivity index is 1.96. The summed E-state index contributed by atoms with van der Waals surface area (Å²) in [6.07, 6.45) is 0. The van der Waals surface area contributed by atoms with Crippen LogP contribution in [-0.4, -0.2) is 53.8 Å². The molecule has 2 rings (SSSR count). The molecule has 0 amide bonds. The Kier molecular flexibility index (Phi) is 4.34. The molecule has 1 aliphatic heterocycles. The maximum Gasteiger partial charge on any atom is 0.269 e. The van der Waals surface area contributed by atoms with Gasteiger partial charge in [0, 0.05) is 50.0 Å². The molecule has 1 fully saturated rings. The van der Waals surface area contributed by atoms with Gasteiger partial charge >= 0.3 is 0 Å². The number of benzene rings is 1. The summed E-state index contributed by atoms with van der Waals surface area (Å²) < 4.78 is 0. The van der Waals surface area contributed by atoms with Gasteiger partial charge in [0.25, 0.3) is 5.69 Å². The summed E-state index contributed by atoms with van der Waals surface area (Å²) in [6.45, 7) is 5.75. The molecule has 1 aromatic rings. The Morgan fingerprint density at radius 2 is 1.84 bits per heavy atom. The molecule has 0 aliphatic carbocycles. The first-order chi connectivity index (χ1) is 9.11. The van der Waals surface area contributed by atoms with E-state index in [1.807, 2.05) is 6.92 Å². The largest absolute Gasteiger partial charge is 0.395 e. The third-order valence-electron chi connectivity index (χ3n) is 3.63. The van der Waals surface area contributed by atoms with E-state index in [0.717, 1.165) is 31.9 Å². The van der Waals surface area contributed by atoms with Gasteiger partial charge in [0.2, 0.25) is 0 Å². The maximum absolute atomic E-state index is 10.6. The molecular weight excluding hydrogens is 246 g/mol. The highest BCUT2D eigenvalue weighted by Crippen LogP contribution is 2.21. The van der Waals surface area contributed by atoms with E-state index < -0.39 is 0 Å². The monoisotopic (exact) mass is 265 g/mol. The van der Waals surface area contributed by atoms with Gasteiger partial charge in [0.1, 0.15) is 0 Å². The Morgan fingerprint density at radius 1 is 1.26 bits per heavy atom. The number of nitro benzene ring substituents is 1. The number of aliphatic hydroxyl groups is 1. The van der Waals surface area contributed by atoms with E-state index in [4.69, 9.17) is 5.11 Å². The molecule has 0 bridgehead atoms. The van der Waals surface area contributed by atoms with Crippen LogP contribution in [0, 0.1) is 10.1 Å². The van der Waals surface area contributed by atoms with Gasteiger partial charge in [-0.15, -0.1) is 0 Å². The normalized spacial score (nSPS) is 18.3. The highest BCUT2D eigenvalue weighted by Gasteiger charge is 2.20. The molecule has 0 saturated carbocycles. The van der Waals surface area contributed by atoms with Crippen LogP contribution in [0.15, 0.2) is 24.3 Å². The highest BCUT2D eigenvalue weighted by atomic mass is 16.6. The molecule has 0 aromatic heterocycles. The molecule has 1 saturated heterocycles. The lowest BCUT2D eigenvalue weighted by Crippen LogP contribution is -2.50. The van der Waals surface area contributed by atoms with E-state index in [0.29, 0.717) is 0 Å². The molecule has 1 aromatic carbocycles. The maximum atomic E-state index is 10.6. The van der Waals surface area contributed by atoms with Crippen molar-refractivity contribution in [2.24, 2.45) is 0 Å². The molecule has 0 spiro atoms. The number of non-ortho nitro benzene ring substituents is 1. The summed E-state index contributed by atoms with van der Waals surface area (Å²) >= 11 is 0. The van der Waals surface area contributed by atoms with Crippen LogP contribution in [0.1, 0.15) is 6.92 Å². The van der Waals surface area contributed by atoms with Gasteiger partial charge in [-0.3, -0.25) is 15.0 Å². The summed E-state index contributed by atoms with van der Waals surface area (Å²) in [5.41, 5.74) is 1.14. The Labute approximate surface area is 112 Å². The van der Waals surface area contributed by atoms with E-state index in [1.165, 1.54) is 12.1 Å². The third kappa shape index (κ3) is 3.21. The molecule has 1 aliphatic rings. The van der Waals surface area contributed by atoms with E-state index in [2.05, 4.69) is 9.80 Å². The zero-order valence-corrected chi connectivity index (χ0v) is 11.0. The smallest absolute Gasteiger partial charge is 0.269 e. The first-order valence-corrected chi connectivity index (χ1v) is 6.46. The molecule has 6 heteroatoms. The fraction of sp³-hybridized carbons (Fsp3) is 0.538. The minimum Gasteiger partial charge on any atom is -0.395 e. The van der Waals surface area contributed by atoms with Crippen molar-refractivity contribution in [2.75, 3.05) is 37.7 Å². The molecule has 1 heterocycles. The molecule has 1 N–H and O–H groups in total. The van der Waals surface area contributed by atoms with E-state index in [9.17, 15) is 10.1 Å². The zero-order chi connectivity index (χ0) is 13.8. The van der Waals surface area contributed by atoms with Crippen molar-refractivity contribution in [3.05, 3.63) is 34.4 Å². The van der Waals surface area contributed by atoms with Gasteiger partial charge < -0.3 is 10.0 Å². The summed E-state index contributed by atoms with van der Waals surface area (Å²) in [6, 6.07) is 6.86. The minimum atomic E-state index is -0.384. The van der Waals surface area contributed by atoms with Crippen molar-refractivity contribution in [2.45, 2.75) is 13.0 Å². The second-order valence-electron chi connectivity index (χ2n) is 4.83. The highest BCUT2D eigenvalue weighted by molar-refractivity contribution is 5.51. The molecule has 1 atom stereocenters. The van der Waals surface area contributed by atoms with Gasteiger partial charge in [-0.1, -0.05) is 0 Å². The van der Waals surface area contributed by atoms with Crippen molar-refractivity contribution in [1.29, 1.82) is 0 Å². The zero-order valence-electron chi connectivity index (χ0n) is 11.0. The van der Waals surface area contributed by atoms with Crippen LogP contribution >= 0.6 is 0 Å². The number of rotatable bonds is 4. The third-order valence-corrected chi connectivity index (χ3v) is 3.63. The molecule has 19 heavy (non-hydrogen) atoms. The predicted octanol–water partition coefficient (Wildman–Crippen LogP) is 1.10. The minimum absolute atomic E-state index is 0.122. The number of piperazine rings is 1. The predicted molar refractivity (Wildman–Crippen MR) is 73.4 cm³/mol.